The first-order valence-electron chi connectivity index (χ1n) is 20.3. The Balaban J connectivity index is 1.46. The van der Waals surface area contributed by atoms with Crippen molar-refractivity contribution in [3.63, 3.8) is 0 Å². The first-order chi connectivity index (χ1) is 25.6. The van der Waals surface area contributed by atoms with Crippen LogP contribution < -0.4 is 0 Å². The zero-order chi connectivity index (χ0) is 40.4. The van der Waals surface area contributed by atoms with Gasteiger partial charge in [0.25, 0.3) is 0 Å². The molecule has 0 aromatic carbocycles. The van der Waals surface area contributed by atoms with Crippen molar-refractivity contribution in [3.8, 4) is 0 Å². The van der Waals surface area contributed by atoms with Crippen LogP contribution in [-0.4, -0.2) is 121 Å². The number of rotatable bonds is 7. The van der Waals surface area contributed by atoms with Crippen LogP contribution in [0.3, 0.4) is 0 Å². The topological polar surface area (TPSA) is 199 Å². The van der Waals surface area contributed by atoms with E-state index in [2.05, 4.69) is 11.8 Å². The van der Waals surface area contributed by atoms with E-state index in [0.717, 1.165) is 6.42 Å². The first kappa shape index (κ1) is 40.6. The van der Waals surface area contributed by atoms with Gasteiger partial charge < -0.3 is 44.1 Å². The molecule has 0 aromatic heterocycles. The molecule has 0 unspecified atom stereocenters. The summed E-state index contributed by atoms with van der Waals surface area (Å²) in [5, 5.41) is 52.1. The maximum atomic E-state index is 13.9. The van der Waals surface area contributed by atoms with E-state index in [4.69, 9.17) is 23.7 Å². The number of hydrogen-bond donors (Lipinski definition) is 4. The molecule has 14 heteroatoms. The standard InChI is InChI=1S/C41H61NO13/c1-10-20(4)35(46)53-27-14-15-37(8)32-30(51-22(6)43)31(52-23(7)44)33-39(37,55-41(27,32)50)16-25-24-18-42-17-19(3)12-13-26(42)38(9,48)28(24)29(45)34(40(25,33)49)54-36(47)21(5)11-2/h10,19,21,24-34,45,48-50H,11-18H2,1-9H3/b20-10-/t19-,21-,24-,25-,26-,27-,28+,29+,30-,31+,32-,33+,34-,37-,38+,39+,40-,41+/m0/s1. The summed E-state index contributed by atoms with van der Waals surface area (Å²) in [6.07, 6.45) is -3.19. The number of hydrogen-bond acceptors (Lipinski definition) is 14. The molecule has 18 atom stereocenters. The molecule has 0 aromatic rings. The van der Waals surface area contributed by atoms with Gasteiger partial charge in [0.15, 0.2) is 12.2 Å². The molecule has 3 aliphatic heterocycles. The second kappa shape index (κ2) is 13.5. The summed E-state index contributed by atoms with van der Waals surface area (Å²) in [5.41, 5.74) is -5.99. The quantitative estimate of drug-likeness (QED) is 0.167. The molecule has 55 heavy (non-hydrogen) atoms. The van der Waals surface area contributed by atoms with Crippen molar-refractivity contribution < 1.29 is 63.3 Å². The Bertz CT molecular complexity index is 1630. The molecule has 308 valence electrons. The minimum atomic E-state index is -2.28. The smallest absolute Gasteiger partial charge is 0.333 e. The summed E-state index contributed by atoms with van der Waals surface area (Å²) in [5.74, 6) is -10.0. The number of aliphatic hydroxyl groups is 4. The molecule has 7 fully saturated rings. The summed E-state index contributed by atoms with van der Waals surface area (Å²) in [4.78, 5) is 55.4. The Morgan fingerprint density at radius 2 is 1.56 bits per heavy atom. The Morgan fingerprint density at radius 3 is 2.16 bits per heavy atom. The van der Waals surface area contributed by atoms with Crippen molar-refractivity contribution in [3.05, 3.63) is 11.6 Å². The van der Waals surface area contributed by atoms with E-state index in [-0.39, 0.29) is 25.3 Å². The van der Waals surface area contributed by atoms with Crippen LogP contribution in [0, 0.1) is 46.8 Å². The lowest BCUT2D eigenvalue weighted by molar-refractivity contribution is -0.301. The molecule has 3 saturated heterocycles. The van der Waals surface area contributed by atoms with E-state index >= 15 is 0 Å². The number of piperidine rings is 2. The zero-order valence-corrected chi connectivity index (χ0v) is 33.7. The van der Waals surface area contributed by atoms with Crippen molar-refractivity contribution in [1.29, 1.82) is 0 Å². The summed E-state index contributed by atoms with van der Waals surface area (Å²) < 4.78 is 31.4. The molecule has 4 saturated carbocycles. The predicted octanol–water partition coefficient (Wildman–Crippen LogP) is 2.41. The van der Waals surface area contributed by atoms with Gasteiger partial charge in [-0.15, -0.1) is 0 Å². The Hall–Kier alpha value is -2.62. The first-order valence-corrected chi connectivity index (χ1v) is 20.3. The van der Waals surface area contributed by atoms with E-state index in [1.165, 1.54) is 13.8 Å². The summed E-state index contributed by atoms with van der Waals surface area (Å²) in [7, 11) is 0. The van der Waals surface area contributed by atoms with Crippen LogP contribution in [-0.2, 0) is 42.9 Å². The van der Waals surface area contributed by atoms with Crippen LogP contribution in [0.2, 0.25) is 0 Å². The van der Waals surface area contributed by atoms with Crippen molar-refractivity contribution >= 4 is 23.9 Å². The Kier molecular flexibility index (Phi) is 9.94. The fourth-order valence-electron chi connectivity index (χ4n) is 13.1. The largest absolute Gasteiger partial charge is 0.458 e. The van der Waals surface area contributed by atoms with E-state index in [1.54, 1.807) is 33.8 Å². The number of carbonyl (C=O) groups is 4. The van der Waals surface area contributed by atoms with Crippen LogP contribution in [0.4, 0.5) is 0 Å². The van der Waals surface area contributed by atoms with Gasteiger partial charge >= 0.3 is 23.9 Å². The van der Waals surface area contributed by atoms with Gasteiger partial charge in [-0.3, -0.25) is 19.3 Å². The minimum Gasteiger partial charge on any atom is -0.458 e. The van der Waals surface area contributed by atoms with Gasteiger partial charge in [-0.2, -0.15) is 0 Å². The fourth-order valence-corrected chi connectivity index (χ4v) is 13.1. The number of aliphatic hydroxyl groups excluding tert-OH is 1. The van der Waals surface area contributed by atoms with E-state index in [9.17, 15) is 39.6 Å². The summed E-state index contributed by atoms with van der Waals surface area (Å²) >= 11 is 0. The molecule has 7 rings (SSSR count). The highest BCUT2D eigenvalue weighted by atomic mass is 16.7. The second-order valence-corrected chi connectivity index (χ2v) is 18.6. The lowest BCUT2D eigenvalue weighted by Crippen LogP contribution is -2.78. The van der Waals surface area contributed by atoms with Crippen molar-refractivity contribution in [2.45, 2.75) is 160 Å². The van der Waals surface area contributed by atoms with E-state index < -0.39 is 118 Å². The monoisotopic (exact) mass is 775 g/mol. The van der Waals surface area contributed by atoms with Crippen LogP contribution in [0.15, 0.2) is 11.6 Å². The third kappa shape index (κ3) is 5.54. The zero-order valence-electron chi connectivity index (χ0n) is 33.7. The van der Waals surface area contributed by atoms with Crippen molar-refractivity contribution in [2.24, 2.45) is 46.8 Å². The van der Waals surface area contributed by atoms with Crippen molar-refractivity contribution in [1.82, 2.24) is 4.90 Å². The molecule has 14 nitrogen and oxygen atoms in total. The minimum absolute atomic E-state index is 0.0536. The van der Waals surface area contributed by atoms with Crippen molar-refractivity contribution in [2.75, 3.05) is 13.1 Å². The Labute approximate surface area is 323 Å². The fraction of sp³-hybridized carbons (Fsp3) is 0.854. The van der Waals surface area contributed by atoms with Crippen LogP contribution in [0.25, 0.3) is 0 Å². The predicted molar refractivity (Wildman–Crippen MR) is 193 cm³/mol. The second-order valence-electron chi connectivity index (χ2n) is 18.6. The highest BCUT2D eigenvalue weighted by Gasteiger charge is 2.90. The molecule has 1 spiro atoms. The van der Waals surface area contributed by atoms with Crippen LogP contribution >= 0.6 is 0 Å². The molecular weight excluding hydrogens is 714 g/mol. The molecule has 4 N–H and O–H groups in total. The summed E-state index contributed by atoms with van der Waals surface area (Å²) in [6, 6.07) is -0.290. The van der Waals surface area contributed by atoms with E-state index in [0.29, 0.717) is 37.4 Å². The number of esters is 4. The molecule has 3 heterocycles. The number of nitrogens with zero attached hydrogens (tertiary/aromatic N) is 1. The lowest BCUT2D eigenvalue weighted by Gasteiger charge is -2.64. The molecule has 0 radical (unpaired) electrons. The molecule has 4 aliphatic carbocycles. The van der Waals surface area contributed by atoms with Gasteiger partial charge in [0.2, 0.25) is 5.79 Å². The van der Waals surface area contributed by atoms with Crippen LogP contribution in [0.1, 0.15) is 101 Å². The highest BCUT2D eigenvalue weighted by Crippen LogP contribution is 2.78. The maximum Gasteiger partial charge on any atom is 0.333 e. The SMILES string of the molecule is C/C=C(/C)C(=O)O[C@H]1CC[C@@]2(C)[C@@H]3[C@@H](OC(C)=O)[C@@H](OC(C)=O)[C@H]4[C@@]5(O)[C@@H](C[C@@]42O[C@]13O)[C@@H]1CN2C[C@@H](C)CC[C@H]2[C@@](C)(O)[C@H]1[C@@H](O)[C@@H]5OC(=O)[C@@H](C)CC. The van der Waals surface area contributed by atoms with Gasteiger partial charge in [0.1, 0.15) is 17.8 Å². The lowest BCUT2D eigenvalue weighted by atomic mass is 9.48. The maximum absolute atomic E-state index is 13.9. The Morgan fingerprint density at radius 1 is 0.927 bits per heavy atom. The van der Waals surface area contributed by atoms with Gasteiger partial charge in [0.05, 0.1) is 35.1 Å². The third-order valence-electron chi connectivity index (χ3n) is 15.6. The van der Waals surface area contributed by atoms with Gasteiger partial charge in [-0.05, 0) is 77.0 Å². The van der Waals surface area contributed by atoms with Gasteiger partial charge in [-0.25, -0.2) is 4.79 Å². The number of fused-ring (bicyclic) bond motifs is 5. The van der Waals surface area contributed by atoms with Gasteiger partial charge in [0, 0.05) is 49.9 Å². The average Bonchev–Trinajstić information content (AvgIpc) is 3.40. The number of ether oxygens (including phenoxy) is 5. The molecule has 0 amide bonds. The van der Waals surface area contributed by atoms with Crippen LogP contribution in [0.5, 0.6) is 0 Å². The van der Waals surface area contributed by atoms with E-state index in [1.807, 2.05) is 13.8 Å². The highest BCUT2D eigenvalue weighted by molar-refractivity contribution is 5.87. The van der Waals surface area contributed by atoms with Gasteiger partial charge in [-0.1, -0.05) is 33.8 Å². The third-order valence-corrected chi connectivity index (χ3v) is 15.6. The number of allylic oxidation sites excluding steroid dienone is 1. The number of carbonyl (C=O) groups excluding carboxylic acids is 4. The molecular formula is C41H61NO13. The normalized spacial score (nSPS) is 50.4. The average molecular weight is 776 g/mol. The summed E-state index contributed by atoms with van der Waals surface area (Å²) in [6.45, 7) is 16.1. The molecule has 7 aliphatic rings. The molecule has 4 bridgehead atoms.